The number of nitrogens with zero attached hydrogens (tertiary/aromatic N) is 1. The molecule has 0 atom stereocenters. The van der Waals surface area contributed by atoms with Crippen LogP contribution in [0.3, 0.4) is 0 Å². The first kappa shape index (κ1) is 20.7. The lowest BCUT2D eigenvalue weighted by molar-refractivity contribution is 0.0772. The number of nitrogens with one attached hydrogen (secondary N) is 2. The molecule has 1 aromatic carbocycles. The van der Waals surface area contributed by atoms with Gasteiger partial charge in [-0.05, 0) is 50.2 Å². The molecule has 1 aromatic heterocycles. The lowest BCUT2D eigenvalue weighted by Gasteiger charge is -2.18. The average Bonchev–Trinajstić information content (AvgIpc) is 3.21. The number of benzene rings is 1. The Kier molecular flexibility index (Phi) is 7.14. The van der Waals surface area contributed by atoms with Crippen molar-refractivity contribution in [3.63, 3.8) is 0 Å². The summed E-state index contributed by atoms with van der Waals surface area (Å²) in [5.41, 5.74) is 0.434. The Morgan fingerprint density at radius 1 is 1.04 bits per heavy atom. The third kappa shape index (κ3) is 5.41. The quantitative estimate of drug-likeness (QED) is 0.627. The van der Waals surface area contributed by atoms with Gasteiger partial charge in [-0.2, -0.15) is 0 Å². The SMILES string of the molecule is CCN(CC)C(=O)c1ccc(S(=O)(=O)NCCNC(=O)c2ccco2)cc1. The van der Waals surface area contributed by atoms with Gasteiger partial charge < -0.3 is 14.6 Å². The number of carbonyl (C=O) groups excluding carboxylic acids is 2. The highest BCUT2D eigenvalue weighted by Gasteiger charge is 2.17. The van der Waals surface area contributed by atoms with Crippen LogP contribution >= 0.6 is 0 Å². The van der Waals surface area contributed by atoms with Gasteiger partial charge in [0.05, 0.1) is 11.2 Å². The van der Waals surface area contributed by atoms with E-state index in [9.17, 15) is 18.0 Å². The lowest BCUT2D eigenvalue weighted by Crippen LogP contribution is -2.34. The summed E-state index contributed by atoms with van der Waals surface area (Å²) >= 11 is 0. The first-order valence-corrected chi connectivity index (χ1v) is 10.1. The van der Waals surface area contributed by atoms with Gasteiger partial charge in [-0.1, -0.05) is 0 Å². The fourth-order valence-corrected chi connectivity index (χ4v) is 3.44. The molecule has 2 amide bonds. The maximum atomic E-state index is 12.3. The summed E-state index contributed by atoms with van der Waals surface area (Å²) < 4.78 is 31.9. The van der Waals surface area contributed by atoms with E-state index in [1.165, 1.54) is 36.6 Å². The Labute approximate surface area is 158 Å². The third-order valence-electron chi connectivity index (χ3n) is 3.91. The van der Waals surface area contributed by atoms with Crippen LogP contribution in [0.1, 0.15) is 34.8 Å². The molecule has 0 aliphatic rings. The average molecular weight is 393 g/mol. The van der Waals surface area contributed by atoms with Crippen LogP contribution in [0.5, 0.6) is 0 Å². The standard InChI is InChI=1S/C18H23N3O5S/c1-3-21(4-2)18(23)14-7-9-15(10-8-14)27(24,25)20-12-11-19-17(22)16-6-5-13-26-16/h5-10,13,20H,3-4,11-12H2,1-2H3,(H,19,22). The summed E-state index contributed by atoms with van der Waals surface area (Å²) in [5, 5.41) is 2.55. The highest BCUT2D eigenvalue weighted by Crippen LogP contribution is 2.12. The molecular weight excluding hydrogens is 370 g/mol. The van der Waals surface area contributed by atoms with Gasteiger partial charge in [-0.15, -0.1) is 0 Å². The highest BCUT2D eigenvalue weighted by atomic mass is 32.2. The number of furan rings is 1. The van der Waals surface area contributed by atoms with E-state index in [2.05, 4.69) is 10.0 Å². The second-order valence-corrected chi connectivity index (χ2v) is 7.40. The van der Waals surface area contributed by atoms with Crippen LogP contribution in [-0.4, -0.2) is 51.3 Å². The molecule has 2 rings (SSSR count). The van der Waals surface area contributed by atoms with Gasteiger partial charge in [0.15, 0.2) is 5.76 Å². The predicted molar refractivity (Wildman–Crippen MR) is 99.9 cm³/mol. The normalized spacial score (nSPS) is 11.2. The van der Waals surface area contributed by atoms with Crippen LogP contribution < -0.4 is 10.0 Å². The Balaban J connectivity index is 1.90. The molecule has 2 N–H and O–H groups in total. The number of hydrogen-bond acceptors (Lipinski definition) is 5. The van der Waals surface area contributed by atoms with E-state index in [-0.39, 0.29) is 29.7 Å². The van der Waals surface area contributed by atoms with Gasteiger partial charge in [-0.3, -0.25) is 9.59 Å². The maximum absolute atomic E-state index is 12.3. The fraction of sp³-hybridized carbons (Fsp3) is 0.333. The number of sulfonamides is 1. The molecule has 0 aliphatic carbocycles. The lowest BCUT2D eigenvalue weighted by atomic mass is 10.2. The van der Waals surface area contributed by atoms with Crippen LogP contribution in [0.15, 0.2) is 52.0 Å². The van der Waals surface area contributed by atoms with Crippen molar-refractivity contribution in [2.24, 2.45) is 0 Å². The molecule has 0 saturated heterocycles. The van der Waals surface area contributed by atoms with Gasteiger partial charge in [0, 0.05) is 31.7 Å². The first-order valence-electron chi connectivity index (χ1n) is 8.59. The Morgan fingerprint density at radius 3 is 2.26 bits per heavy atom. The van der Waals surface area contributed by atoms with Crippen LogP contribution in [0.25, 0.3) is 0 Å². The van der Waals surface area contributed by atoms with Crippen molar-refractivity contribution < 1.29 is 22.4 Å². The fourth-order valence-electron chi connectivity index (χ4n) is 2.41. The van der Waals surface area contributed by atoms with Crippen molar-refractivity contribution in [2.45, 2.75) is 18.7 Å². The molecule has 9 heteroatoms. The van der Waals surface area contributed by atoms with E-state index in [4.69, 9.17) is 4.42 Å². The van der Waals surface area contributed by atoms with E-state index < -0.39 is 15.9 Å². The monoisotopic (exact) mass is 393 g/mol. The minimum Gasteiger partial charge on any atom is -0.459 e. The Hall–Kier alpha value is -2.65. The van der Waals surface area contributed by atoms with E-state index in [0.717, 1.165) is 0 Å². The smallest absolute Gasteiger partial charge is 0.287 e. The minimum atomic E-state index is -3.74. The van der Waals surface area contributed by atoms with Crippen molar-refractivity contribution in [1.29, 1.82) is 0 Å². The topological polar surface area (TPSA) is 109 Å². The van der Waals surface area contributed by atoms with Gasteiger partial charge in [-0.25, -0.2) is 13.1 Å². The number of amides is 2. The second-order valence-electron chi connectivity index (χ2n) is 5.63. The summed E-state index contributed by atoms with van der Waals surface area (Å²) in [5.74, 6) is -0.401. The van der Waals surface area contributed by atoms with Crippen molar-refractivity contribution in [3.05, 3.63) is 54.0 Å². The second kappa shape index (κ2) is 9.33. The first-order chi connectivity index (χ1) is 12.9. The zero-order valence-electron chi connectivity index (χ0n) is 15.3. The number of carbonyl (C=O) groups is 2. The predicted octanol–water partition coefficient (Wildman–Crippen LogP) is 1.47. The van der Waals surface area contributed by atoms with E-state index in [1.54, 1.807) is 11.0 Å². The summed E-state index contributed by atoms with van der Waals surface area (Å²) in [6.45, 7) is 5.07. The molecule has 1 heterocycles. The van der Waals surface area contributed by atoms with Gasteiger partial charge in [0.1, 0.15) is 0 Å². The molecular formula is C18H23N3O5S. The largest absolute Gasteiger partial charge is 0.459 e. The summed E-state index contributed by atoms with van der Waals surface area (Å²) in [6.07, 6.45) is 1.38. The minimum absolute atomic E-state index is 0.0227. The van der Waals surface area contributed by atoms with Gasteiger partial charge in [0.25, 0.3) is 11.8 Å². The Bertz CT molecular complexity index is 857. The van der Waals surface area contributed by atoms with Crippen molar-refractivity contribution in [3.8, 4) is 0 Å². The Morgan fingerprint density at radius 2 is 1.70 bits per heavy atom. The van der Waals surface area contributed by atoms with Crippen LogP contribution in [0, 0.1) is 0 Å². The molecule has 0 fully saturated rings. The van der Waals surface area contributed by atoms with Crippen molar-refractivity contribution in [1.82, 2.24) is 14.9 Å². The van der Waals surface area contributed by atoms with Crippen molar-refractivity contribution >= 4 is 21.8 Å². The molecule has 0 saturated carbocycles. The van der Waals surface area contributed by atoms with Crippen LogP contribution in [0.2, 0.25) is 0 Å². The number of hydrogen-bond donors (Lipinski definition) is 2. The summed E-state index contributed by atoms with van der Waals surface area (Å²) in [7, 11) is -3.74. The van der Waals surface area contributed by atoms with Gasteiger partial charge >= 0.3 is 0 Å². The van der Waals surface area contributed by atoms with Crippen LogP contribution in [0.4, 0.5) is 0 Å². The zero-order chi connectivity index (χ0) is 19.9. The summed E-state index contributed by atoms with van der Waals surface area (Å²) in [4.78, 5) is 25.6. The molecule has 0 aliphatic heterocycles. The summed E-state index contributed by atoms with van der Waals surface area (Å²) in [6, 6.07) is 8.87. The molecule has 0 spiro atoms. The molecule has 27 heavy (non-hydrogen) atoms. The molecule has 0 radical (unpaired) electrons. The molecule has 2 aromatic rings. The molecule has 0 bridgehead atoms. The van der Waals surface area contributed by atoms with E-state index in [0.29, 0.717) is 18.7 Å². The highest BCUT2D eigenvalue weighted by molar-refractivity contribution is 7.89. The molecule has 146 valence electrons. The zero-order valence-corrected chi connectivity index (χ0v) is 16.1. The number of rotatable bonds is 9. The van der Waals surface area contributed by atoms with Gasteiger partial charge in [0.2, 0.25) is 10.0 Å². The van der Waals surface area contributed by atoms with Crippen molar-refractivity contribution in [2.75, 3.05) is 26.2 Å². The van der Waals surface area contributed by atoms with Crippen LogP contribution in [-0.2, 0) is 10.0 Å². The molecule has 0 unspecified atom stereocenters. The molecule has 8 nitrogen and oxygen atoms in total. The van der Waals surface area contributed by atoms with E-state index in [1.807, 2.05) is 13.8 Å². The maximum Gasteiger partial charge on any atom is 0.287 e. The third-order valence-corrected chi connectivity index (χ3v) is 5.39. The van der Waals surface area contributed by atoms with E-state index >= 15 is 0 Å².